The third-order valence-corrected chi connectivity index (χ3v) is 4.34. The Morgan fingerprint density at radius 2 is 1.91 bits per heavy atom. The molecular formula is C6H14N2O2S. The van der Waals surface area contributed by atoms with Gasteiger partial charge in [-0.1, -0.05) is 6.92 Å². The predicted octanol–water partition coefficient (Wildman–Crippen LogP) is 0.136. The minimum Gasteiger partial charge on any atom is -0.386 e. The SMILES string of the molecule is CCS(=O)(=O)C(C)(C)C(=N)N. The molecule has 0 rings (SSSR count). The molecule has 0 atom stereocenters. The molecule has 0 unspecified atom stereocenters. The first kappa shape index (κ1) is 10.4. The Kier molecular flexibility index (Phi) is 2.66. The Bertz CT molecular complexity index is 254. The average Bonchev–Trinajstić information content (AvgIpc) is 1.87. The molecular weight excluding hydrogens is 164 g/mol. The molecule has 0 aromatic carbocycles. The highest BCUT2D eigenvalue weighted by molar-refractivity contribution is 7.93. The Balaban J connectivity index is 5.01. The quantitative estimate of drug-likeness (QED) is 0.476. The molecule has 0 heterocycles. The van der Waals surface area contributed by atoms with E-state index in [4.69, 9.17) is 11.1 Å². The molecule has 0 spiro atoms. The minimum atomic E-state index is -3.25. The first-order chi connectivity index (χ1) is 4.75. The van der Waals surface area contributed by atoms with Crippen LogP contribution in [0.3, 0.4) is 0 Å². The van der Waals surface area contributed by atoms with Gasteiger partial charge in [-0.3, -0.25) is 5.41 Å². The second-order valence-electron chi connectivity index (χ2n) is 2.83. The lowest BCUT2D eigenvalue weighted by Gasteiger charge is -2.21. The van der Waals surface area contributed by atoms with Gasteiger partial charge >= 0.3 is 0 Å². The molecule has 0 radical (unpaired) electrons. The summed E-state index contributed by atoms with van der Waals surface area (Å²) in [6.45, 7) is 4.42. The largest absolute Gasteiger partial charge is 0.386 e. The number of amidine groups is 1. The van der Waals surface area contributed by atoms with Crippen LogP contribution in [0.15, 0.2) is 0 Å². The van der Waals surface area contributed by atoms with Gasteiger partial charge in [0, 0.05) is 5.75 Å². The van der Waals surface area contributed by atoms with Crippen molar-refractivity contribution in [2.45, 2.75) is 25.5 Å². The minimum absolute atomic E-state index is 0.0135. The van der Waals surface area contributed by atoms with Crippen molar-refractivity contribution in [1.82, 2.24) is 0 Å². The van der Waals surface area contributed by atoms with E-state index in [1.807, 2.05) is 0 Å². The van der Waals surface area contributed by atoms with Gasteiger partial charge in [0.25, 0.3) is 0 Å². The summed E-state index contributed by atoms with van der Waals surface area (Å²) in [6, 6.07) is 0. The summed E-state index contributed by atoms with van der Waals surface area (Å²) < 4.78 is 21.3. The van der Waals surface area contributed by atoms with Crippen molar-refractivity contribution < 1.29 is 8.42 Å². The van der Waals surface area contributed by atoms with Crippen LogP contribution in [0.4, 0.5) is 0 Å². The first-order valence-electron chi connectivity index (χ1n) is 3.32. The third kappa shape index (κ3) is 1.71. The molecule has 0 aliphatic heterocycles. The highest BCUT2D eigenvalue weighted by atomic mass is 32.2. The van der Waals surface area contributed by atoms with Crippen LogP contribution in [0.5, 0.6) is 0 Å². The smallest absolute Gasteiger partial charge is 0.162 e. The van der Waals surface area contributed by atoms with Gasteiger partial charge in [0.2, 0.25) is 0 Å². The van der Waals surface area contributed by atoms with E-state index >= 15 is 0 Å². The van der Waals surface area contributed by atoms with E-state index in [0.29, 0.717) is 0 Å². The molecule has 0 saturated carbocycles. The normalized spacial score (nSPS) is 13.0. The van der Waals surface area contributed by atoms with E-state index < -0.39 is 14.6 Å². The Hall–Kier alpha value is -0.580. The van der Waals surface area contributed by atoms with Gasteiger partial charge < -0.3 is 5.73 Å². The molecule has 11 heavy (non-hydrogen) atoms. The third-order valence-electron chi connectivity index (χ3n) is 1.81. The lowest BCUT2D eigenvalue weighted by atomic mass is 10.2. The fourth-order valence-electron chi connectivity index (χ4n) is 0.528. The Labute approximate surface area is 67.2 Å². The summed E-state index contributed by atoms with van der Waals surface area (Å²) in [7, 11) is -3.25. The van der Waals surface area contributed by atoms with Crippen molar-refractivity contribution in [3.8, 4) is 0 Å². The van der Waals surface area contributed by atoms with E-state index in [1.54, 1.807) is 6.92 Å². The maximum atomic E-state index is 11.2. The summed E-state index contributed by atoms with van der Waals surface area (Å²) >= 11 is 0. The van der Waals surface area contributed by atoms with Gasteiger partial charge in [0.15, 0.2) is 9.84 Å². The number of sulfone groups is 1. The van der Waals surface area contributed by atoms with E-state index in [0.717, 1.165) is 0 Å². The summed E-state index contributed by atoms with van der Waals surface area (Å²) in [5.74, 6) is -0.293. The zero-order valence-electron chi connectivity index (χ0n) is 7.01. The molecule has 0 aromatic rings. The van der Waals surface area contributed by atoms with Crippen LogP contribution in [-0.4, -0.2) is 24.8 Å². The predicted molar refractivity (Wildman–Crippen MR) is 45.5 cm³/mol. The van der Waals surface area contributed by atoms with Gasteiger partial charge in [-0.25, -0.2) is 8.42 Å². The van der Waals surface area contributed by atoms with Crippen molar-refractivity contribution in [2.24, 2.45) is 5.73 Å². The van der Waals surface area contributed by atoms with Gasteiger partial charge in [-0.05, 0) is 13.8 Å². The van der Waals surface area contributed by atoms with Gasteiger partial charge in [-0.15, -0.1) is 0 Å². The molecule has 3 N–H and O–H groups in total. The van der Waals surface area contributed by atoms with Crippen LogP contribution in [0, 0.1) is 5.41 Å². The average molecular weight is 178 g/mol. The van der Waals surface area contributed by atoms with E-state index in [1.165, 1.54) is 13.8 Å². The molecule has 5 heteroatoms. The second kappa shape index (κ2) is 2.81. The van der Waals surface area contributed by atoms with E-state index in [-0.39, 0.29) is 11.6 Å². The van der Waals surface area contributed by atoms with E-state index in [9.17, 15) is 8.42 Å². The standard InChI is InChI=1S/C6H14N2O2S/c1-4-11(9,10)6(2,3)5(7)8/h4H2,1-3H3,(H3,7,8). The molecule has 0 aliphatic rings. The maximum absolute atomic E-state index is 11.2. The Morgan fingerprint density at radius 1 is 1.55 bits per heavy atom. The van der Waals surface area contributed by atoms with Crippen molar-refractivity contribution in [3.63, 3.8) is 0 Å². The summed E-state index contributed by atoms with van der Waals surface area (Å²) in [4.78, 5) is 0. The fraction of sp³-hybridized carbons (Fsp3) is 0.833. The molecule has 0 aromatic heterocycles. The molecule has 0 aliphatic carbocycles. The van der Waals surface area contributed by atoms with Gasteiger partial charge in [-0.2, -0.15) is 0 Å². The summed E-state index contributed by atoms with van der Waals surface area (Å²) in [5, 5.41) is 7.05. The fourth-order valence-corrected chi connectivity index (χ4v) is 1.59. The molecule has 0 amide bonds. The highest BCUT2D eigenvalue weighted by Gasteiger charge is 2.35. The van der Waals surface area contributed by atoms with E-state index in [2.05, 4.69) is 0 Å². The molecule has 0 bridgehead atoms. The lowest BCUT2D eigenvalue weighted by molar-refractivity contribution is 0.577. The molecule has 0 saturated heterocycles. The number of hydrogen-bond acceptors (Lipinski definition) is 3. The monoisotopic (exact) mass is 178 g/mol. The molecule has 66 valence electrons. The van der Waals surface area contributed by atoms with Crippen molar-refractivity contribution >= 4 is 15.7 Å². The summed E-state index contributed by atoms with van der Waals surface area (Å²) in [6.07, 6.45) is 0. The van der Waals surface area contributed by atoms with Crippen LogP contribution < -0.4 is 5.73 Å². The number of nitrogens with two attached hydrogens (primary N) is 1. The maximum Gasteiger partial charge on any atom is 0.162 e. The van der Waals surface area contributed by atoms with Crippen molar-refractivity contribution in [3.05, 3.63) is 0 Å². The summed E-state index contributed by atoms with van der Waals surface area (Å²) in [5.41, 5.74) is 5.14. The van der Waals surface area contributed by atoms with Crippen LogP contribution in [0.2, 0.25) is 0 Å². The van der Waals surface area contributed by atoms with Crippen molar-refractivity contribution in [1.29, 1.82) is 5.41 Å². The van der Waals surface area contributed by atoms with Crippen LogP contribution in [-0.2, 0) is 9.84 Å². The van der Waals surface area contributed by atoms with Crippen LogP contribution in [0.25, 0.3) is 0 Å². The molecule has 4 nitrogen and oxygen atoms in total. The highest BCUT2D eigenvalue weighted by Crippen LogP contribution is 2.16. The first-order valence-corrected chi connectivity index (χ1v) is 4.97. The van der Waals surface area contributed by atoms with Crippen molar-refractivity contribution in [2.75, 3.05) is 5.75 Å². The Morgan fingerprint density at radius 3 is 2.00 bits per heavy atom. The van der Waals surface area contributed by atoms with Gasteiger partial charge in [0.05, 0.1) is 0 Å². The van der Waals surface area contributed by atoms with Crippen LogP contribution >= 0.6 is 0 Å². The topological polar surface area (TPSA) is 84.0 Å². The number of hydrogen-bond donors (Lipinski definition) is 2. The number of rotatable bonds is 3. The number of nitrogens with one attached hydrogen (secondary N) is 1. The second-order valence-corrected chi connectivity index (χ2v) is 5.65. The lowest BCUT2D eigenvalue weighted by Crippen LogP contribution is -2.45. The molecule has 0 fully saturated rings. The van der Waals surface area contributed by atoms with Gasteiger partial charge in [0.1, 0.15) is 10.6 Å². The zero-order chi connectivity index (χ0) is 9.28. The van der Waals surface area contributed by atoms with Crippen LogP contribution in [0.1, 0.15) is 20.8 Å². The zero-order valence-corrected chi connectivity index (χ0v) is 7.83.